The van der Waals surface area contributed by atoms with Crippen molar-refractivity contribution in [1.82, 2.24) is 4.90 Å². The fourth-order valence-corrected chi connectivity index (χ4v) is 4.26. The fraction of sp³-hybridized carbons (Fsp3) is 1.00. The van der Waals surface area contributed by atoms with Gasteiger partial charge in [-0.05, 0) is 32.7 Å². The van der Waals surface area contributed by atoms with Crippen LogP contribution in [0.2, 0.25) is 0 Å². The maximum absolute atomic E-state index is 6.11. The van der Waals surface area contributed by atoms with Gasteiger partial charge in [0.25, 0.3) is 0 Å². The second-order valence-corrected chi connectivity index (χ2v) is 6.66. The van der Waals surface area contributed by atoms with Gasteiger partial charge in [-0.1, -0.05) is 13.3 Å². The van der Waals surface area contributed by atoms with Crippen LogP contribution in [0.1, 0.15) is 39.5 Å². The zero-order valence-electron chi connectivity index (χ0n) is 9.98. The van der Waals surface area contributed by atoms with Crippen molar-refractivity contribution in [3.63, 3.8) is 0 Å². The lowest BCUT2D eigenvalue weighted by molar-refractivity contribution is 0.0904. The third-order valence-electron chi connectivity index (χ3n) is 3.85. The standard InChI is InChI=1S/C12H24N2S/c1-9-7-11(8-15-9)14-6-4-3-5-12(14)10(2)13/h9-12H,3-8,13H2,1-2H3. The van der Waals surface area contributed by atoms with Crippen molar-refractivity contribution >= 4 is 11.8 Å². The van der Waals surface area contributed by atoms with Crippen LogP contribution in [0, 0.1) is 0 Å². The van der Waals surface area contributed by atoms with Crippen LogP contribution >= 0.6 is 11.8 Å². The first-order valence-corrected chi connectivity index (χ1v) is 7.36. The molecule has 0 spiro atoms. The molecule has 4 atom stereocenters. The molecule has 2 fully saturated rings. The molecule has 0 aliphatic carbocycles. The largest absolute Gasteiger partial charge is 0.327 e. The Hall–Kier alpha value is 0.270. The predicted molar refractivity (Wildman–Crippen MR) is 68.3 cm³/mol. The van der Waals surface area contributed by atoms with E-state index in [4.69, 9.17) is 5.73 Å². The van der Waals surface area contributed by atoms with Crippen molar-refractivity contribution in [2.24, 2.45) is 5.73 Å². The molecule has 0 radical (unpaired) electrons. The van der Waals surface area contributed by atoms with E-state index in [0.29, 0.717) is 12.1 Å². The number of hydrogen-bond acceptors (Lipinski definition) is 3. The molecule has 0 aromatic heterocycles. The molecule has 0 saturated carbocycles. The molecule has 0 bridgehead atoms. The molecule has 0 aromatic rings. The highest BCUT2D eigenvalue weighted by Gasteiger charge is 2.34. The average molecular weight is 228 g/mol. The lowest BCUT2D eigenvalue weighted by atomic mass is 9.94. The van der Waals surface area contributed by atoms with E-state index in [1.54, 1.807) is 0 Å². The van der Waals surface area contributed by atoms with Crippen LogP contribution in [0.15, 0.2) is 0 Å². The Labute approximate surface area is 98.0 Å². The van der Waals surface area contributed by atoms with Gasteiger partial charge in [0.1, 0.15) is 0 Å². The molecule has 3 heteroatoms. The molecular weight excluding hydrogens is 204 g/mol. The van der Waals surface area contributed by atoms with Crippen LogP contribution in [-0.2, 0) is 0 Å². The summed E-state index contributed by atoms with van der Waals surface area (Å²) in [5, 5.41) is 0.852. The molecule has 0 aromatic carbocycles. The Balaban J connectivity index is 1.98. The molecule has 2 N–H and O–H groups in total. The highest BCUT2D eigenvalue weighted by atomic mass is 32.2. The minimum atomic E-state index is 0.339. The van der Waals surface area contributed by atoms with Gasteiger partial charge in [-0.2, -0.15) is 11.8 Å². The van der Waals surface area contributed by atoms with Gasteiger partial charge >= 0.3 is 0 Å². The molecule has 2 aliphatic heterocycles. The van der Waals surface area contributed by atoms with Gasteiger partial charge in [0.05, 0.1) is 0 Å². The average Bonchev–Trinajstić information content (AvgIpc) is 2.65. The first-order valence-electron chi connectivity index (χ1n) is 6.31. The Morgan fingerprint density at radius 1 is 1.40 bits per heavy atom. The third kappa shape index (κ3) is 2.69. The lowest BCUT2D eigenvalue weighted by Crippen LogP contribution is -2.53. The monoisotopic (exact) mass is 228 g/mol. The number of nitrogens with two attached hydrogens (primary N) is 1. The van der Waals surface area contributed by atoms with E-state index < -0.39 is 0 Å². The zero-order valence-corrected chi connectivity index (χ0v) is 10.8. The van der Waals surface area contributed by atoms with Crippen LogP contribution in [0.3, 0.4) is 0 Å². The summed E-state index contributed by atoms with van der Waals surface area (Å²) in [4.78, 5) is 2.71. The van der Waals surface area contributed by atoms with Crippen molar-refractivity contribution < 1.29 is 0 Å². The molecule has 88 valence electrons. The molecule has 0 amide bonds. The summed E-state index contributed by atoms with van der Waals surface area (Å²) in [5.41, 5.74) is 6.11. The number of thioether (sulfide) groups is 1. The molecular formula is C12H24N2S. The molecule has 2 heterocycles. The molecule has 2 rings (SSSR count). The van der Waals surface area contributed by atoms with Gasteiger partial charge in [0.2, 0.25) is 0 Å². The number of piperidine rings is 1. The predicted octanol–water partition coefficient (Wildman–Crippen LogP) is 2.08. The van der Waals surface area contributed by atoms with Crippen LogP contribution in [0.4, 0.5) is 0 Å². The van der Waals surface area contributed by atoms with E-state index >= 15 is 0 Å². The summed E-state index contributed by atoms with van der Waals surface area (Å²) >= 11 is 2.13. The highest BCUT2D eigenvalue weighted by Crippen LogP contribution is 2.33. The van der Waals surface area contributed by atoms with Crippen LogP contribution in [-0.4, -0.2) is 40.6 Å². The van der Waals surface area contributed by atoms with Crippen molar-refractivity contribution in [1.29, 1.82) is 0 Å². The van der Waals surface area contributed by atoms with Gasteiger partial charge < -0.3 is 5.73 Å². The summed E-state index contributed by atoms with van der Waals surface area (Å²) in [5.74, 6) is 1.32. The Bertz CT molecular complexity index is 208. The molecule has 2 saturated heterocycles. The van der Waals surface area contributed by atoms with Gasteiger partial charge in [-0.3, -0.25) is 4.90 Å². The summed E-state index contributed by atoms with van der Waals surface area (Å²) in [6.45, 7) is 5.81. The number of nitrogens with zero attached hydrogens (tertiary/aromatic N) is 1. The van der Waals surface area contributed by atoms with Gasteiger partial charge in [0, 0.05) is 29.1 Å². The van der Waals surface area contributed by atoms with E-state index in [1.165, 1.54) is 38.0 Å². The van der Waals surface area contributed by atoms with E-state index in [2.05, 4.69) is 30.5 Å². The first-order chi connectivity index (χ1) is 7.18. The number of hydrogen-bond donors (Lipinski definition) is 1. The topological polar surface area (TPSA) is 29.3 Å². The minimum Gasteiger partial charge on any atom is -0.327 e. The SMILES string of the molecule is CC1CC(N2CCCCC2C(C)N)CS1. The van der Waals surface area contributed by atoms with E-state index in [-0.39, 0.29) is 0 Å². The maximum atomic E-state index is 6.11. The van der Waals surface area contributed by atoms with Crippen LogP contribution in [0.25, 0.3) is 0 Å². The summed E-state index contributed by atoms with van der Waals surface area (Å²) < 4.78 is 0. The Morgan fingerprint density at radius 2 is 2.20 bits per heavy atom. The Kier molecular flexibility index (Phi) is 3.97. The lowest BCUT2D eigenvalue weighted by Gasteiger charge is -2.41. The van der Waals surface area contributed by atoms with Crippen molar-refractivity contribution in [2.75, 3.05) is 12.3 Å². The summed E-state index contributed by atoms with van der Waals surface area (Å²) in [7, 11) is 0. The fourth-order valence-electron chi connectivity index (χ4n) is 3.02. The zero-order chi connectivity index (χ0) is 10.8. The quantitative estimate of drug-likeness (QED) is 0.784. The smallest absolute Gasteiger partial charge is 0.0247 e. The minimum absolute atomic E-state index is 0.339. The van der Waals surface area contributed by atoms with Crippen LogP contribution < -0.4 is 5.73 Å². The highest BCUT2D eigenvalue weighted by molar-refractivity contribution is 8.00. The van der Waals surface area contributed by atoms with E-state index in [9.17, 15) is 0 Å². The summed E-state index contributed by atoms with van der Waals surface area (Å²) in [6.07, 6.45) is 5.43. The summed E-state index contributed by atoms with van der Waals surface area (Å²) in [6, 6.07) is 1.79. The van der Waals surface area contributed by atoms with Gasteiger partial charge in [0.15, 0.2) is 0 Å². The van der Waals surface area contributed by atoms with Gasteiger partial charge in [-0.15, -0.1) is 0 Å². The Morgan fingerprint density at radius 3 is 2.80 bits per heavy atom. The third-order valence-corrected chi connectivity index (χ3v) is 5.18. The van der Waals surface area contributed by atoms with Crippen molar-refractivity contribution in [3.8, 4) is 0 Å². The number of likely N-dealkylation sites (tertiary alicyclic amines) is 1. The molecule has 15 heavy (non-hydrogen) atoms. The first kappa shape index (κ1) is 11.7. The maximum Gasteiger partial charge on any atom is 0.0247 e. The van der Waals surface area contributed by atoms with Crippen molar-refractivity contribution in [3.05, 3.63) is 0 Å². The van der Waals surface area contributed by atoms with Crippen molar-refractivity contribution in [2.45, 2.75) is 62.9 Å². The second-order valence-electron chi connectivity index (χ2n) is 5.19. The van der Waals surface area contributed by atoms with E-state index in [1.807, 2.05) is 0 Å². The number of rotatable bonds is 2. The van der Waals surface area contributed by atoms with Gasteiger partial charge in [-0.25, -0.2) is 0 Å². The second kappa shape index (κ2) is 5.07. The molecule has 4 unspecified atom stereocenters. The van der Waals surface area contributed by atoms with Crippen LogP contribution in [0.5, 0.6) is 0 Å². The van der Waals surface area contributed by atoms with E-state index in [0.717, 1.165) is 11.3 Å². The normalized spacial score (nSPS) is 40.6. The molecule has 2 nitrogen and oxygen atoms in total. The molecule has 2 aliphatic rings.